The van der Waals surface area contributed by atoms with E-state index in [1.807, 2.05) is 24.3 Å². The number of primary amides is 1. The molecule has 15 heteroatoms. The molecule has 7 N–H and O–H groups in total. The second kappa shape index (κ2) is 15.6. The van der Waals surface area contributed by atoms with E-state index in [1.54, 1.807) is 47.7 Å². The Kier molecular flexibility index (Phi) is 12.8. The summed E-state index contributed by atoms with van der Waals surface area (Å²) in [5.41, 5.74) is 5.61. The zero-order chi connectivity index (χ0) is 35.9. The highest BCUT2D eigenvalue weighted by Crippen LogP contribution is 2.20. The van der Waals surface area contributed by atoms with E-state index >= 15 is 0 Å². The molecule has 0 bridgehead atoms. The SMILES string of the molecule is C[C@H](NC(=O)N[C@@H](Cc1c[nH]c2ccccc12)C(=O)OC(C)(C)C)C(=O)N[C@H](C(N)=O)[C@H](C)N(C)C(=O)[C@H](C)NC(=O)OC(C)(C)C. The molecule has 0 spiro atoms. The molecule has 2 aromatic rings. The smallest absolute Gasteiger partial charge is 0.408 e. The number of carbonyl (C=O) groups excluding carboxylic acids is 6. The van der Waals surface area contributed by atoms with E-state index in [9.17, 15) is 28.8 Å². The van der Waals surface area contributed by atoms with E-state index in [0.29, 0.717) is 0 Å². The molecule has 0 aliphatic heterocycles. The van der Waals surface area contributed by atoms with E-state index in [4.69, 9.17) is 15.2 Å². The number of nitrogens with one attached hydrogen (secondary N) is 5. The first kappa shape index (κ1) is 38.4. The van der Waals surface area contributed by atoms with Crippen LogP contribution in [0.15, 0.2) is 30.5 Å². The fourth-order valence-electron chi connectivity index (χ4n) is 4.53. The lowest BCUT2D eigenvalue weighted by atomic mass is 10.0. The van der Waals surface area contributed by atoms with Gasteiger partial charge in [-0.25, -0.2) is 14.4 Å². The predicted molar refractivity (Wildman–Crippen MR) is 175 cm³/mol. The normalized spacial score (nSPS) is 14.9. The minimum absolute atomic E-state index is 0.107. The van der Waals surface area contributed by atoms with Crippen LogP contribution < -0.4 is 27.0 Å². The molecule has 1 aromatic heterocycles. The molecule has 15 nitrogen and oxygen atoms in total. The predicted octanol–water partition coefficient (Wildman–Crippen LogP) is 1.84. The topological polar surface area (TPSA) is 214 Å². The van der Waals surface area contributed by atoms with Gasteiger partial charge in [-0.2, -0.15) is 0 Å². The minimum Gasteiger partial charge on any atom is -0.458 e. The van der Waals surface area contributed by atoms with Crippen LogP contribution in [-0.4, -0.2) is 94.2 Å². The number of nitrogens with zero attached hydrogens (tertiary/aromatic N) is 1. The highest BCUT2D eigenvalue weighted by atomic mass is 16.6. The molecule has 0 saturated heterocycles. The van der Waals surface area contributed by atoms with E-state index in [0.717, 1.165) is 16.5 Å². The van der Waals surface area contributed by atoms with Gasteiger partial charge in [0.1, 0.15) is 35.4 Å². The number of hydrogen-bond acceptors (Lipinski definition) is 8. The van der Waals surface area contributed by atoms with Gasteiger partial charge in [-0.05, 0) is 73.9 Å². The first-order valence-corrected chi connectivity index (χ1v) is 15.3. The van der Waals surface area contributed by atoms with Gasteiger partial charge < -0.3 is 46.4 Å². The summed E-state index contributed by atoms with van der Waals surface area (Å²) < 4.78 is 10.7. The Morgan fingerprint density at radius 2 is 1.45 bits per heavy atom. The highest BCUT2D eigenvalue weighted by Gasteiger charge is 2.34. The van der Waals surface area contributed by atoms with Crippen molar-refractivity contribution in [2.45, 2.75) is 110 Å². The molecular formula is C32H49N7O8. The number of aromatic nitrogens is 1. The van der Waals surface area contributed by atoms with Crippen molar-refractivity contribution < 1.29 is 38.2 Å². The second-order valence-electron chi connectivity index (χ2n) is 13.4. The number of H-pyrrole nitrogens is 1. The summed E-state index contributed by atoms with van der Waals surface area (Å²) >= 11 is 0. The number of urea groups is 1. The van der Waals surface area contributed by atoms with Crippen molar-refractivity contribution >= 4 is 46.7 Å². The van der Waals surface area contributed by atoms with Crippen LogP contribution in [0.2, 0.25) is 0 Å². The Morgan fingerprint density at radius 3 is 2.02 bits per heavy atom. The van der Waals surface area contributed by atoms with Crippen LogP contribution in [-0.2, 0) is 35.1 Å². The number of ether oxygens (including phenoxy) is 2. The third-order valence-corrected chi connectivity index (χ3v) is 6.99. The molecule has 0 aliphatic carbocycles. The van der Waals surface area contributed by atoms with Gasteiger partial charge in [0, 0.05) is 30.6 Å². The second-order valence-corrected chi connectivity index (χ2v) is 13.4. The van der Waals surface area contributed by atoms with Gasteiger partial charge in [0.05, 0.1) is 6.04 Å². The summed E-state index contributed by atoms with van der Waals surface area (Å²) in [6, 6.07) is 1.07. The van der Waals surface area contributed by atoms with Crippen LogP contribution in [0.4, 0.5) is 9.59 Å². The molecule has 47 heavy (non-hydrogen) atoms. The lowest BCUT2D eigenvalue weighted by Gasteiger charge is -2.33. The molecule has 0 unspecified atom stereocenters. The number of para-hydroxylation sites is 1. The van der Waals surface area contributed by atoms with Gasteiger partial charge in [0.25, 0.3) is 0 Å². The van der Waals surface area contributed by atoms with Crippen molar-refractivity contribution in [3.05, 3.63) is 36.0 Å². The number of fused-ring (bicyclic) bond motifs is 1. The largest absolute Gasteiger partial charge is 0.458 e. The average molecular weight is 660 g/mol. The van der Waals surface area contributed by atoms with Crippen molar-refractivity contribution in [1.82, 2.24) is 31.2 Å². The number of carbonyl (C=O) groups is 6. The number of alkyl carbamates (subject to hydrolysis) is 1. The fraction of sp³-hybridized carbons (Fsp3) is 0.562. The Balaban J connectivity index is 2.09. The van der Waals surface area contributed by atoms with Crippen LogP contribution in [0.3, 0.4) is 0 Å². The van der Waals surface area contributed by atoms with Crippen LogP contribution in [0, 0.1) is 0 Å². The Labute approximate surface area is 275 Å². The summed E-state index contributed by atoms with van der Waals surface area (Å²) in [7, 11) is 1.39. The van der Waals surface area contributed by atoms with Gasteiger partial charge in [-0.15, -0.1) is 0 Å². The van der Waals surface area contributed by atoms with Crippen molar-refractivity contribution in [2.24, 2.45) is 5.73 Å². The number of esters is 1. The summed E-state index contributed by atoms with van der Waals surface area (Å²) in [4.78, 5) is 81.0. The van der Waals surface area contributed by atoms with Gasteiger partial charge >= 0.3 is 18.1 Å². The van der Waals surface area contributed by atoms with Crippen molar-refractivity contribution in [3.63, 3.8) is 0 Å². The quantitative estimate of drug-likeness (QED) is 0.185. The Bertz CT molecular complexity index is 1460. The van der Waals surface area contributed by atoms with Crippen LogP contribution >= 0.6 is 0 Å². The van der Waals surface area contributed by atoms with Crippen molar-refractivity contribution in [3.8, 4) is 0 Å². The molecule has 0 aliphatic rings. The van der Waals surface area contributed by atoms with E-state index in [2.05, 4.69) is 26.3 Å². The number of aromatic amines is 1. The van der Waals surface area contributed by atoms with Crippen LogP contribution in [0.5, 0.6) is 0 Å². The number of benzene rings is 1. The summed E-state index contributed by atoms with van der Waals surface area (Å²) in [5, 5.41) is 10.8. The zero-order valence-corrected chi connectivity index (χ0v) is 28.8. The number of rotatable bonds is 12. The molecular weight excluding hydrogens is 610 g/mol. The fourth-order valence-corrected chi connectivity index (χ4v) is 4.53. The van der Waals surface area contributed by atoms with Crippen molar-refractivity contribution in [1.29, 1.82) is 0 Å². The molecule has 1 heterocycles. The molecule has 5 atom stereocenters. The first-order chi connectivity index (χ1) is 21.6. The molecule has 260 valence electrons. The van der Waals surface area contributed by atoms with Crippen LogP contribution in [0.1, 0.15) is 67.9 Å². The Hall–Kier alpha value is -4.82. The lowest BCUT2D eigenvalue weighted by molar-refractivity contribution is -0.157. The number of hydrogen-bond donors (Lipinski definition) is 6. The van der Waals surface area contributed by atoms with Crippen LogP contribution in [0.25, 0.3) is 10.9 Å². The minimum atomic E-state index is -1.35. The monoisotopic (exact) mass is 659 g/mol. The van der Waals surface area contributed by atoms with Gasteiger partial charge in [0.15, 0.2) is 0 Å². The third kappa shape index (κ3) is 11.8. The average Bonchev–Trinajstić information content (AvgIpc) is 3.34. The molecule has 1 aromatic carbocycles. The summed E-state index contributed by atoms with van der Waals surface area (Å²) in [5.74, 6) is -2.95. The maximum atomic E-state index is 13.1. The lowest BCUT2D eigenvalue weighted by Crippen LogP contribution is -2.61. The van der Waals surface area contributed by atoms with Gasteiger partial charge in [-0.1, -0.05) is 18.2 Å². The standard InChI is InChI=1S/C32H49N7O8/c1-17(26(41)38-24(25(33)40)19(3)39(10)27(42)18(2)36-30(45)47-32(7,8)9)35-29(44)37-23(28(43)46-31(4,5)6)15-20-16-34-22-14-12-11-13-21(20)22/h11-14,16-19,23-24,34H,15H2,1-10H3,(H2,33,40)(H,36,45)(H,38,41)(H2,35,37,44)/t17-,18-,19-,23-,24-/m0/s1. The van der Waals surface area contributed by atoms with E-state index in [-0.39, 0.29) is 6.42 Å². The summed E-state index contributed by atoms with van der Waals surface area (Å²) in [6.07, 6.45) is 1.06. The third-order valence-electron chi connectivity index (χ3n) is 6.99. The van der Waals surface area contributed by atoms with Crippen molar-refractivity contribution in [2.75, 3.05) is 7.05 Å². The molecule has 6 amide bonds. The Morgan fingerprint density at radius 1 is 0.851 bits per heavy atom. The molecule has 0 radical (unpaired) electrons. The maximum absolute atomic E-state index is 13.1. The van der Waals surface area contributed by atoms with E-state index in [1.165, 1.54) is 32.7 Å². The zero-order valence-electron chi connectivity index (χ0n) is 28.8. The summed E-state index contributed by atoms with van der Waals surface area (Å²) in [6.45, 7) is 14.5. The van der Waals surface area contributed by atoms with Gasteiger partial charge in [-0.3, -0.25) is 14.4 Å². The highest BCUT2D eigenvalue weighted by molar-refractivity contribution is 5.93. The van der Waals surface area contributed by atoms with E-state index < -0.39 is 77.2 Å². The van der Waals surface area contributed by atoms with Gasteiger partial charge in [0.2, 0.25) is 17.7 Å². The number of likely N-dealkylation sites (N-methyl/N-ethyl adjacent to an activating group) is 1. The molecule has 2 rings (SSSR count). The maximum Gasteiger partial charge on any atom is 0.408 e. The number of nitrogens with two attached hydrogens (primary N) is 1. The first-order valence-electron chi connectivity index (χ1n) is 15.3. The molecule has 0 saturated carbocycles. The number of amides is 6. The molecule has 0 fully saturated rings.